The van der Waals surface area contributed by atoms with Gasteiger partial charge >= 0.3 is 0 Å². The molecule has 1 aromatic rings. The third-order valence-electron chi connectivity index (χ3n) is 2.51. The van der Waals surface area contributed by atoms with Crippen LogP contribution in [-0.4, -0.2) is 11.7 Å². The Morgan fingerprint density at radius 1 is 1.43 bits per heavy atom. The fourth-order valence-electron chi connectivity index (χ4n) is 1.68. The molecule has 1 fully saturated rings. The van der Waals surface area contributed by atoms with Crippen LogP contribution < -0.4 is 0 Å². The van der Waals surface area contributed by atoms with E-state index in [1.165, 1.54) is 24.0 Å². The Morgan fingerprint density at radius 3 is 2.71 bits per heavy atom. The average Bonchev–Trinajstić information content (AvgIpc) is 2.99. The highest BCUT2D eigenvalue weighted by Gasteiger charge is 2.27. The number of allylic oxidation sites excluding steroid dienone is 1. The second-order valence-corrected chi connectivity index (χ2v) is 4.45. The standard InChI is InChI=1S/C12H13BrO/c13-12-4-2-1-3-11(12)10(7-8-14)9-5-6-9/h1-4,7,9,14H,5-6,8H2/b10-7-. The Labute approximate surface area is 92.6 Å². The fraction of sp³-hybridized carbons (Fsp3) is 0.333. The van der Waals surface area contributed by atoms with Crippen LogP contribution in [0.25, 0.3) is 5.57 Å². The van der Waals surface area contributed by atoms with Crippen LogP contribution in [0.4, 0.5) is 0 Å². The second-order valence-electron chi connectivity index (χ2n) is 3.60. The van der Waals surface area contributed by atoms with E-state index >= 15 is 0 Å². The highest BCUT2D eigenvalue weighted by molar-refractivity contribution is 9.10. The first-order chi connectivity index (χ1) is 6.83. The summed E-state index contributed by atoms with van der Waals surface area (Å²) in [5, 5.41) is 8.97. The zero-order valence-corrected chi connectivity index (χ0v) is 9.50. The normalized spacial score (nSPS) is 17.1. The van der Waals surface area contributed by atoms with E-state index in [0.29, 0.717) is 5.92 Å². The lowest BCUT2D eigenvalue weighted by atomic mass is 10.0. The molecule has 1 aliphatic carbocycles. The van der Waals surface area contributed by atoms with Gasteiger partial charge in [0.05, 0.1) is 6.61 Å². The van der Waals surface area contributed by atoms with Crippen LogP contribution in [-0.2, 0) is 0 Å². The number of hydrogen-bond donors (Lipinski definition) is 1. The molecule has 14 heavy (non-hydrogen) atoms. The molecular formula is C12H13BrO. The molecule has 0 atom stereocenters. The molecule has 74 valence electrons. The molecule has 0 unspecified atom stereocenters. The highest BCUT2D eigenvalue weighted by Crippen LogP contribution is 2.43. The third-order valence-corrected chi connectivity index (χ3v) is 3.20. The minimum Gasteiger partial charge on any atom is -0.392 e. The Kier molecular flexibility index (Phi) is 3.04. The molecule has 1 aromatic carbocycles. The molecule has 0 heterocycles. The Bertz CT molecular complexity index is 353. The molecule has 1 saturated carbocycles. The zero-order chi connectivity index (χ0) is 9.97. The van der Waals surface area contributed by atoms with Gasteiger partial charge in [0.15, 0.2) is 0 Å². The first-order valence-corrected chi connectivity index (χ1v) is 5.68. The van der Waals surface area contributed by atoms with E-state index in [2.05, 4.69) is 22.0 Å². The van der Waals surface area contributed by atoms with E-state index in [0.717, 1.165) is 4.47 Å². The molecule has 0 aliphatic heterocycles. The van der Waals surface area contributed by atoms with Gasteiger partial charge in [-0.15, -0.1) is 0 Å². The molecule has 0 aromatic heterocycles. The van der Waals surface area contributed by atoms with Crippen LogP contribution >= 0.6 is 15.9 Å². The van der Waals surface area contributed by atoms with Crippen LogP contribution in [0, 0.1) is 5.92 Å². The summed E-state index contributed by atoms with van der Waals surface area (Å²) >= 11 is 3.54. The summed E-state index contributed by atoms with van der Waals surface area (Å²) < 4.78 is 1.12. The van der Waals surface area contributed by atoms with E-state index < -0.39 is 0 Å². The van der Waals surface area contributed by atoms with Gasteiger partial charge in [-0.2, -0.15) is 0 Å². The van der Waals surface area contributed by atoms with Crippen LogP contribution in [0.1, 0.15) is 18.4 Å². The summed E-state index contributed by atoms with van der Waals surface area (Å²) in [6, 6.07) is 8.19. The molecule has 0 spiro atoms. The second kappa shape index (κ2) is 4.28. The summed E-state index contributed by atoms with van der Waals surface area (Å²) in [6.07, 6.45) is 4.44. The van der Waals surface area contributed by atoms with Crippen molar-refractivity contribution in [2.24, 2.45) is 5.92 Å². The molecule has 0 radical (unpaired) electrons. The Morgan fingerprint density at radius 2 is 2.14 bits per heavy atom. The van der Waals surface area contributed by atoms with E-state index in [9.17, 15) is 0 Å². The Balaban J connectivity index is 2.35. The van der Waals surface area contributed by atoms with E-state index in [4.69, 9.17) is 5.11 Å². The molecule has 0 amide bonds. The van der Waals surface area contributed by atoms with Gasteiger partial charge in [0, 0.05) is 4.47 Å². The highest BCUT2D eigenvalue weighted by atomic mass is 79.9. The van der Waals surface area contributed by atoms with Crippen molar-refractivity contribution in [3.63, 3.8) is 0 Å². The summed E-state index contributed by atoms with van der Waals surface area (Å²) in [4.78, 5) is 0. The van der Waals surface area contributed by atoms with Gasteiger partial charge in [-0.25, -0.2) is 0 Å². The minimum atomic E-state index is 0.132. The average molecular weight is 253 g/mol. The summed E-state index contributed by atoms with van der Waals surface area (Å²) in [7, 11) is 0. The molecule has 2 heteroatoms. The van der Waals surface area contributed by atoms with Crippen molar-refractivity contribution in [3.05, 3.63) is 40.4 Å². The molecule has 1 nitrogen and oxygen atoms in total. The zero-order valence-electron chi connectivity index (χ0n) is 7.91. The van der Waals surface area contributed by atoms with Crippen LogP contribution in [0.5, 0.6) is 0 Å². The van der Waals surface area contributed by atoms with Crippen molar-refractivity contribution in [3.8, 4) is 0 Å². The van der Waals surface area contributed by atoms with Crippen molar-refractivity contribution in [1.82, 2.24) is 0 Å². The maximum atomic E-state index is 8.97. The van der Waals surface area contributed by atoms with E-state index in [1.807, 2.05) is 24.3 Å². The first-order valence-electron chi connectivity index (χ1n) is 4.88. The smallest absolute Gasteiger partial charge is 0.0618 e. The fourth-order valence-corrected chi connectivity index (χ4v) is 2.20. The van der Waals surface area contributed by atoms with E-state index in [1.54, 1.807) is 0 Å². The SMILES string of the molecule is OC/C=C(\c1ccccc1Br)C1CC1. The largest absolute Gasteiger partial charge is 0.392 e. The van der Waals surface area contributed by atoms with Gasteiger partial charge in [-0.3, -0.25) is 0 Å². The van der Waals surface area contributed by atoms with Gasteiger partial charge < -0.3 is 5.11 Å². The van der Waals surface area contributed by atoms with Crippen molar-refractivity contribution in [2.45, 2.75) is 12.8 Å². The molecule has 1 aliphatic rings. The molecule has 1 N–H and O–H groups in total. The van der Waals surface area contributed by atoms with Crippen molar-refractivity contribution in [2.75, 3.05) is 6.61 Å². The lowest BCUT2D eigenvalue weighted by Gasteiger charge is -2.08. The molecular weight excluding hydrogens is 240 g/mol. The van der Waals surface area contributed by atoms with Crippen molar-refractivity contribution in [1.29, 1.82) is 0 Å². The lowest BCUT2D eigenvalue weighted by molar-refractivity contribution is 0.343. The summed E-state index contributed by atoms with van der Waals surface area (Å²) in [6.45, 7) is 0.132. The first kappa shape index (κ1) is 9.94. The minimum absolute atomic E-state index is 0.132. The van der Waals surface area contributed by atoms with Crippen molar-refractivity contribution < 1.29 is 5.11 Å². The predicted molar refractivity (Wildman–Crippen MR) is 61.9 cm³/mol. The van der Waals surface area contributed by atoms with Crippen LogP contribution in [0.3, 0.4) is 0 Å². The number of aliphatic hydroxyl groups is 1. The van der Waals surface area contributed by atoms with Gasteiger partial charge in [-0.1, -0.05) is 40.2 Å². The summed E-state index contributed by atoms with van der Waals surface area (Å²) in [5.74, 6) is 0.667. The quantitative estimate of drug-likeness (QED) is 0.876. The maximum Gasteiger partial charge on any atom is 0.0618 e. The van der Waals surface area contributed by atoms with Crippen LogP contribution in [0.15, 0.2) is 34.8 Å². The van der Waals surface area contributed by atoms with Crippen LogP contribution in [0.2, 0.25) is 0 Å². The number of rotatable bonds is 3. The number of hydrogen-bond acceptors (Lipinski definition) is 1. The number of aliphatic hydroxyl groups excluding tert-OH is 1. The number of benzene rings is 1. The predicted octanol–water partition coefficient (Wildman–Crippen LogP) is 3.23. The third kappa shape index (κ3) is 2.07. The molecule has 0 saturated heterocycles. The Hall–Kier alpha value is -0.600. The lowest BCUT2D eigenvalue weighted by Crippen LogP contribution is -1.90. The van der Waals surface area contributed by atoms with E-state index in [-0.39, 0.29) is 6.61 Å². The molecule has 2 rings (SSSR count). The monoisotopic (exact) mass is 252 g/mol. The topological polar surface area (TPSA) is 20.2 Å². The van der Waals surface area contributed by atoms with Gasteiger partial charge in [0.2, 0.25) is 0 Å². The van der Waals surface area contributed by atoms with Gasteiger partial charge in [-0.05, 0) is 36.0 Å². The van der Waals surface area contributed by atoms with Crippen molar-refractivity contribution >= 4 is 21.5 Å². The number of halogens is 1. The van der Waals surface area contributed by atoms with Gasteiger partial charge in [0.25, 0.3) is 0 Å². The summed E-state index contributed by atoms with van der Waals surface area (Å²) in [5.41, 5.74) is 2.52. The molecule has 0 bridgehead atoms. The maximum absolute atomic E-state index is 8.97. The van der Waals surface area contributed by atoms with Gasteiger partial charge in [0.1, 0.15) is 0 Å².